The van der Waals surface area contributed by atoms with Gasteiger partial charge in [-0.25, -0.2) is 0 Å². The summed E-state index contributed by atoms with van der Waals surface area (Å²) < 4.78 is 2.42. The maximum Gasteiger partial charge on any atom is 0.0541 e. The van der Waals surface area contributed by atoms with Crippen LogP contribution in [-0.4, -0.2) is 4.57 Å². The molecule has 0 amide bonds. The van der Waals surface area contributed by atoms with Crippen molar-refractivity contribution in [3.8, 4) is 50.2 Å². The van der Waals surface area contributed by atoms with Crippen molar-refractivity contribution in [2.24, 2.45) is 0 Å². The van der Waals surface area contributed by atoms with E-state index in [1.54, 1.807) is 0 Å². The monoisotopic (exact) mass is 766 g/mol. The van der Waals surface area contributed by atoms with Crippen molar-refractivity contribution in [1.29, 1.82) is 0 Å². The van der Waals surface area contributed by atoms with Crippen LogP contribution < -0.4 is 4.90 Å². The van der Waals surface area contributed by atoms with Crippen molar-refractivity contribution >= 4 is 44.9 Å². The molecule has 60 heavy (non-hydrogen) atoms. The standard InChI is InChI=1S/C58H42N2/c1-3-16-41(17-4-1)42-30-34-46(35-31-42)59(48-38-39-52(55(40-48)44-18-5-2-6-19-44)51-26-15-21-43-20-7-8-22-49(43)51)47-36-32-45(33-37-47)50-23-9-12-27-56(50)60-57-28-13-10-24-53(57)54-25-11-14-29-58(54)60/h1-7,9-21,23-40H,8,22H2. The summed E-state index contributed by atoms with van der Waals surface area (Å²) in [6, 6.07) is 79.6. The molecule has 2 nitrogen and oxygen atoms in total. The van der Waals surface area contributed by atoms with Gasteiger partial charge in [0.1, 0.15) is 0 Å². The van der Waals surface area contributed by atoms with Crippen LogP contribution in [0.4, 0.5) is 17.1 Å². The van der Waals surface area contributed by atoms with Crippen molar-refractivity contribution < 1.29 is 0 Å². The van der Waals surface area contributed by atoms with Gasteiger partial charge < -0.3 is 9.47 Å². The van der Waals surface area contributed by atoms with Gasteiger partial charge in [0.15, 0.2) is 0 Å². The van der Waals surface area contributed by atoms with Crippen LogP contribution in [0.1, 0.15) is 17.5 Å². The van der Waals surface area contributed by atoms with Gasteiger partial charge in [-0.3, -0.25) is 0 Å². The summed E-state index contributed by atoms with van der Waals surface area (Å²) in [6.07, 6.45) is 6.69. The normalized spacial score (nSPS) is 12.1. The SMILES string of the molecule is C1=Cc2cccc(-c3ccc(N(c4ccc(-c5ccccc5)cc4)c4ccc(-c5ccccc5-n5c6ccccc6c6ccccc65)cc4)cc3-c3ccccc3)c2CC1. The fourth-order valence-electron chi connectivity index (χ4n) is 9.26. The molecule has 0 spiro atoms. The van der Waals surface area contributed by atoms with Crippen molar-refractivity contribution in [3.63, 3.8) is 0 Å². The van der Waals surface area contributed by atoms with Crippen LogP contribution in [0.2, 0.25) is 0 Å². The average Bonchev–Trinajstić information content (AvgIpc) is 3.67. The molecule has 0 unspecified atom stereocenters. The van der Waals surface area contributed by atoms with Gasteiger partial charge in [-0.05, 0) is 118 Å². The van der Waals surface area contributed by atoms with Crippen LogP contribution in [0.5, 0.6) is 0 Å². The van der Waals surface area contributed by atoms with Crippen LogP contribution >= 0.6 is 0 Å². The molecule has 0 N–H and O–H groups in total. The largest absolute Gasteiger partial charge is 0.310 e. The van der Waals surface area contributed by atoms with E-state index in [0.717, 1.165) is 35.6 Å². The summed E-state index contributed by atoms with van der Waals surface area (Å²) in [5.74, 6) is 0. The Kier molecular flexibility index (Phi) is 9.02. The second kappa shape index (κ2) is 15.2. The van der Waals surface area contributed by atoms with E-state index in [1.165, 1.54) is 77.4 Å². The fraction of sp³-hybridized carbons (Fsp3) is 0.0345. The third kappa shape index (κ3) is 6.31. The van der Waals surface area contributed by atoms with Gasteiger partial charge in [-0.15, -0.1) is 0 Å². The topological polar surface area (TPSA) is 8.17 Å². The highest BCUT2D eigenvalue weighted by molar-refractivity contribution is 6.09. The number of aromatic nitrogens is 1. The molecule has 1 heterocycles. The van der Waals surface area contributed by atoms with Crippen molar-refractivity contribution in [2.75, 3.05) is 4.90 Å². The number of hydrogen-bond acceptors (Lipinski definition) is 1. The zero-order chi connectivity index (χ0) is 39.8. The maximum atomic E-state index is 2.42. The first-order chi connectivity index (χ1) is 29.8. The van der Waals surface area contributed by atoms with Crippen LogP contribution in [0, 0.1) is 0 Å². The first kappa shape index (κ1) is 35.5. The summed E-state index contributed by atoms with van der Waals surface area (Å²) >= 11 is 0. The van der Waals surface area contributed by atoms with Gasteiger partial charge in [0.25, 0.3) is 0 Å². The third-order valence-electron chi connectivity index (χ3n) is 12.1. The number of allylic oxidation sites excluding steroid dienone is 1. The Bertz CT molecular complexity index is 3120. The number of anilines is 3. The number of hydrogen-bond donors (Lipinski definition) is 0. The minimum atomic E-state index is 1.05. The zero-order valence-electron chi connectivity index (χ0n) is 33.2. The lowest BCUT2D eigenvalue weighted by molar-refractivity contribution is 0.988. The number of nitrogens with zero attached hydrogens (tertiary/aromatic N) is 2. The summed E-state index contributed by atoms with van der Waals surface area (Å²) in [4.78, 5) is 2.40. The molecule has 0 bridgehead atoms. The molecule has 0 atom stereocenters. The van der Waals surface area contributed by atoms with Gasteiger partial charge >= 0.3 is 0 Å². The van der Waals surface area contributed by atoms with Crippen LogP contribution in [0.25, 0.3) is 78.1 Å². The number of fused-ring (bicyclic) bond motifs is 4. The quantitative estimate of drug-likeness (QED) is 0.150. The molecule has 0 radical (unpaired) electrons. The van der Waals surface area contributed by atoms with Crippen molar-refractivity contribution in [1.82, 2.24) is 4.57 Å². The molecule has 0 saturated heterocycles. The van der Waals surface area contributed by atoms with E-state index < -0.39 is 0 Å². The molecule has 284 valence electrons. The van der Waals surface area contributed by atoms with Gasteiger partial charge in [-0.2, -0.15) is 0 Å². The molecule has 9 aromatic carbocycles. The minimum Gasteiger partial charge on any atom is -0.310 e. The second-order valence-corrected chi connectivity index (χ2v) is 15.6. The lowest BCUT2D eigenvalue weighted by atomic mass is 9.86. The Morgan fingerprint density at radius 2 is 0.900 bits per heavy atom. The first-order valence-corrected chi connectivity index (χ1v) is 20.9. The molecule has 0 saturated carbocycles. The fourth-order valence-corrected chi connectivity index (χ4v) is 9.26. The number of para-hydroxylation sites is 3. The Morgan fingerprint density at radius 1 is 0.367 bits per heavy atom. The Morgan fingerprint density at radius 3 is 1.60 bits per heavy atom. The van der Waals surface area contributed by atoms with E-state index in [9.17, 15) is 0 Å². The molecule has 10 aromatic rings. The molecule has 11 rings (SSSR count). The number of benzene rings is 9. The van der Waals surface area contributed by atoms with Crippen LogP contribution in [-0.2, 0) is 6.42 Å². The Balaban J connectivity index is 1.06. The Hall–Kier alpha value is -7.68. The molecular weight excluding hydrogens is 725 g/mol. The Labute approximate surface area is 351 Å². The first-order valence-electron chi connectivity index (χ1n) is 20.9. The summed E-state index contributed by atoms with van der Waals surface area (Å²) in [6.45, 7) is 0. The highest BCUT2D eigenvalue weighted by atomic mass is 15.1. The molecule has 1 aliphatic carbocycles. The molecule has 1 aliphatic rings. The number of rotatable bonds is 8. The van der Waals surface area contributed by atoms with E-state index in [1.807, 2.05) is 0 Å². The maximum absolute atomic E-state index is 2.42. The van der Waals surface area contributed by atoms with Crippen molar-refractivity contribution in [2.45, 2.75) is 12.8 Å². The third-order valence-corrected chi connectivity index (χ3v) is 12.1. The lowest BCUT2D eigenvalue weighted by Crippen LogP contribution is -2.10. The average molecular weight is 767 g/mol. The summed E-state index contributed by atoms with van der Waals surface area (Å²) in [5.41, 5.74) is 19.4. The smallest absolute Gasteiger partial charge is 0.0541 e. The molecule has 0 fully saturated rings. The van der Waals surface area contributed by atoms with Crippen molar-refractivity contribution in [3.05, 3.63) is 236 Å². The van der Waals surface area contributed by atoms with E-state index in [4.69, 9.17) is 0 Å². The molecule has 0 aliphatic heterocycles. The summed E-state index contributed by atoms with van der Waals surface area (Å²) in [7, 11) is 0. The molecule has 2 heteroatoms. The molecule has 1 aromatic heterocycles. The van der Waals surface area contributed by atoms with Gasteiger partial charge in [0.05, 0.1) is 16.7 Å². The van der Waals surface area contributed by atoms with E-state index in [2.05, 4.69) is 240 Å². The molecular formula is C58H42N2. The van der Waals surface area contributed by atoms with Gasteiger partial charge in [-0.1, -0.05) is 176 Å². The van der Waals surface area contributed by atoms with Crippen LogP contribution in [0.15, 0.2) is 224 Å². The van der Waals surface area contributed by atoms with E-state index in [-0.39, 0.29) is 0 Å². The predicted octanol–water partition coefficient (Wildman–Crippen LogP) is 15.9. The predicted molar refractivity (Wildman–Crippen MR) is 255 cm³/mol. The highest BCUT2D eigenvalue weighted by Crippen LogP contribution is 2.44. The van der Waals surface area contributed by atoms with Gasteiger partial charge in [0.2, 0.25) is 0 Å². The minimum absolute atomic E-state index is 1.05. The van der Waals surface area contributed by atoms with E-state index >= 15 is 0 Å². The van der Waals surface area contributed by atoms with Gasteiger partial charge in [0, 0.05) is 33.4 Å². The lowest BCUT2D eigenvalue weighted by Gasteiger charge is -2.28. The van der Waals surface area contributed by atoms with Crippen LogP contribution in [0.3, 0.4) is 0 Å². The van der Waals surface area contributed by atoms with E-state index in [0.29, 0.717) is 0 Å². The summed E-state index contributed by atoms with van der Waals surface area (Å²) in [5, 5.41) is 2.52. The second-order valence-electron chi connectivity index (χ2n) is 15.6. The zero-order valence-corrected chi connectivity index (χ0v) is 33.2. The highest BCUT2D eigenvalue weighted by Gasteiger charge is 2.20.